The number of rotatable bonds is 6. The lowest BCUT2D eigenvalue weighted by Crippen LogP contribution is -2.28. The molecule has 1 heterocycles. The molecule has 3 rings (SSSR count). The number of nitrogens with one attached hydrogen (secondary N) is 2. The maximum absolute atomic E-state index is 13.5. The van der Waals surface area contributed by atoms with Gasteiger partial charge in [0.25, 0.3) is 0 Å². The molecule has 0 aromatic heterocycles. The first-order valence-corrected chi connectivity index (χ1v) is 10.7. The van der Waals surface area contributed by atoms with Crippen LogP contribution in [0, 0.1) is 17.6 Å². The molecule has 1 saturated heterocycles. The van der Waals surface area contributed by atoms with Crippen molar-refractivity contribution in [2.75, 3.05) is 34.8 Å². The standard InChI is InChI=1S/C19H19F2N3O5S/c1-29-17-4-3-14(9-16(17)23-30(2,27)28)22-19(26)11-5-18(25)24(10-11)15-7-12(20)6-13(21)8-15/h3-4,6-9,11,23H,5,10H2,1-2H3,(H,22,26). The summed E-state index contributed by atoms with van der Waals surface area (Å²) in [7, 11) is -2.21. The van der Waals surface area contributed by atoms with Gasteiger partial charge in [0.2, 0.25) is 21.8 Å². The minimum absolute atomic E-state index is 0.0388. The maximum atomic E-state index is 13.5. The first-order chi connectivity index (χ1) is 14.1. The molecule has 2 aromatic rings. The van der Waals surface area contributed by atoms with Crippen molar-refractivity contribution in [3.8, 4) is 5.75 Å². The Bertz CT molecular complexity index is 1090. The highest BCUT2D eigenvalue weighted by Crippen LogP contribution is 2.30. The van der Waals surface area contributed by atoms with Gasteiger partial charge < -0.3 is 15.0 Å². The minimum atomic E-state index is -3.58. The van der Waals surface area contributed by atoms with Gasteiger partial charge in [0, 0.05) is 30.4 Å². The monoisotopic (exact) mass is 439 g/mol. The molecule has 30 heavy (non-hydrogen) atoms. The molecular weight excluding hydrogens is 420 g/mol. The lowest BCUT2D eigenvalue weighted by atomic mass is 10.1. The van der Waals surface area contributed by atoms with Crippen LogP contribution in [0.15, 0.2) is 36.4 Å². The van der Waals surface area contributed by atoms with Crippen LogP contribution in [0.1, 0.15) is 6.42 Å². The number of methoxy groups -OCH3 is 1. The van der Waals surface area contributed by atoms with Gasteiger partial charge in [-0.1, -0.05) is 0 Å². The highest BCUT2D eigenvalue weighted by atomic mass is 32.2. The van der Waals surface area contributed by atoms with Gasteiger partial charge in [-0.3, -0.25) is 14.3 Å². The summed E-state index contributed by atoms with van der Waals surface area (Å²) in [4.78, 5) is 26.0. The molecule has 160 valence electrons. The van der Waals surface area contributed by atoms with Crippen LogP contribution in [0.5, 0.6) is 5.75 Å². The van der Waals surface area contributed by atoms with E-state index >= 15 is 0 Å². The van der Waals surface area contributed by atoms with Crippen LogP contribution in [-0.4, -0.2) is 40.1 Å². The van der Waals surface area contributed by atoms with Crippen LogP contribution < -0.4 is 19.7 Å². The molecule has 1 atom stereocenters. The highest BCUT2D eigenvalue weighted by Gasteiger charge is 2.35. The Morgan fingerprint density at radius 2 is 1.83 bits per heavy atom. The van der Waals surface area contributed by atoms with E-state index in [1.54, 1.807) is 0 Å². The number of carbonyl (C=O) groups excluding carboxylic acids is 2. The second kappa shape index (κ2) is 8.27. The number of sulfonamides is 1. The maximum Gasteiger partial charge on any atom is 0.229 e. The van der Waals surface area contributed by atoms with Gasteiger partial charge in [-0.2, -0.15) is 0 Å². The zero-order chi connectivity index (χ0) is 22.1. The van der Waals surface area contributed by atoms with Crippen molar-refractivity contribution in [3.63, 3.8) is 0 Å². The number of carbonyl (C=O) groups is 2. The van der Waals surface area contributed by atoms with Crippen molar-refractivity contribution in [1.82, 2.24) is 0 Å². The van der Waals surface area contributed by atoms with E-state index in [2.05, 4.69) is 10.0 Å². The van der Waals surface area contributed by atoms with Crippen LogP contribution >= 0.6 is 0 Å². The molecule has 0 radical (unpaired) electrons. The predicted molar refractivity (Wildman–Crippen MR) is 107 cm³/mol. The number of nitrogens with zero attached hydrogens (tertiary/aromatic N) is 1. The summed E-state index contributed by atoms with van der Waals surface area (Å²) < 4.78 is 57.3. The van der Waals surface area contributed by atoms with Gasteiger partial charge in [-0.15, -0.1) is 0 Å². The molecule has 8 nitrogen and oxygen atoms in total. The van der Waals surface area contributed by atoms with Gasteiger partial charge >= 0.3 is 0 Å². The molecule has 1 aliphatic rings. The molecule has 1 unspecified atom stereocenters. The Morgan fingerprint density at radius 3 is 2.43 bits per heavy atom. The number of hydrogen-bond donors (Lipinski definition) is 2. The number of anilines is 3. The largest absolute Gasteiger partial charge is 0.495 e. The summed E-state index contributed by atoms with van der Waals surface area (Å²) in [5.74, 6) is -3.07. The molecule has 1 aliphatic heterocycles. The lowest BCUT2D eigenvalue weighted by Gasteiger charge is -2.17. The van der Waals surface area contributed by atoms with Crippen LogP contribution in [0.3, 0.4) is 0 Å². The number of halogens is 2. The Morgan fingerprint density at radius 1 is 1.17 bits per heavy atom. The van der Waals surface area contributed by atoms with E-state index in [1.165, 1.54) is 25.3 Å². The molecule has 2 N–H and O–H groups in total. The van der Waals surface area contributed by atoms with Crippen molar-refractivity contribution < 1.29 is 31.5 Å². The fourth-order valence-electron chi connectivity index (χ4n) is 3.14. The smallest absolute Gasteiger partial charge is 0.229 e. The Hall–Kier alpha value is -3.21. The topological polar surface area (TPSA) is 105 Å². The van der Waals surface area contributed by atoms with E-state index in [0.29, 0.717) is 6.07 Å². The number of hydrogen-bond acceptors (Lipinski definition) is 5. The molecule has 11 heteroatoms. The first kappa shape index (κ1) is 21.5. The van der Waals surface area contributed by atoms with Gasteiger partial charge in [0.05, 0.1) is 25.0 Å². The average Bonchev–Trinajstić information content (AvgIpc) is 3.02. The predicted octanol–water partition coefficient (Wildman–Crippen LogP) is 2.34. The van der Waals surface area contributed by atoms with Gasteiger partial charge in [0.1, 0.15) is 17.4 Å². The summed E-state index contributed by atoms with van der Waals surface area (Å²) in [6.45, 7) is -0.0435. The summed E-state index contributed by atoms with van der Waals surface area (Å²) >= 11 is 0. The molecule has 1 fully saturated rings. The third-order valence-corrected chi connectivity index (χ3v) is 5.01. The van der Waals surface area contributed by atoms with E-state index in [0.717, 1.165) is 23.3 Å². The SMILES string of the molecule is COc1ccc(NC(=O)C2CC(=O)N(c3cc(F)cc(F)c3)C2)cc1NS(C)(=O)=O. The summed E-state index contributed by atoms with van der Waals surface area (Å²) in [6.07, 6.45) is 0.847. The average molecular weight is 439 g/mol. The van der Waals surface area contributed by atoms with Crippen molar-refractivity contribution in [2.45, 2.75) is 6.42 Å². The van der Waals surface area contributed by atoms with Crippen LogP contribution in [0.4, 0.5) is 25.8 Å². The quantitative estimate of drug-likeness (QED) is 0.719. The second-order valence-corrected chi connectivity index (χ2v) is 8.56. The van der Waals surface area contributed by atoms with Crippen LogP contribution in [-0.2, 0) is 19.6 Å². The number of benzene rings is 2. The second-order valence-electron chi connectivity index (χ2n) is 6.81. The van der Waals surface area contributed by atoms with Crippen molar-refractivity contribution in [2.24, 2.45) is 5.92 Å². The molecule has 2 amide bonds. The van der Waals surface area contributed by atoms with E-state index < -0.39 is 39.4 Å². The third kappa shape index (κ3) is 5.03. The van der Waals surface area contributed by atoms with Gasteiger partial charge in [-0.05, 0) is 30.3 Å². The van der Waals surface area contributed by atoms with Gasteiger partial charge in [-0.25, -0.2) is 17.2 Å². The first-order valence-electron chi connectivity index (χ1n) is 8.79. The number of ether oxygens (including phenoxy) is 1. The van der Waals surface area contributed by atoms with E-state index in [9.17, 15) is 26.8 Å². The minimum Gasteiger partial charge on any atom is -0.495 e. The van der Waals surface area contributed by atoms with E-state index in [1.807, 2.05) is 0 Å². The Kier molecular flexibility index (Phi) is 5.92. The van der Waals surface area contributed by atoms with Crippen LogP contribution in [0.25, 0.3) is 0 Å². The highest BCUT2D eigenvalue weighted by molar-refractivity contribution is 7.92. The summed E-state index contributed by atoms with van der Waals surface area (Å²) in [5, 5.41) is 2.62. The summed E-state index contributed by atoms with van der Waals surface area (Å²) in [5.41, 5.74) is 0.462. The fraction of sp³-hybridized carbons (Fsp3) is 0.263. The molecule has 0 bridgehead atoms. The molecule has 2 aromatic carbocycles. The lowest BCUT2D eigenvalue weighted by molar-refractivity contribution is -0.122. The number of amides is 2. The van der Waals surface area contributed by atoms with E-state index in [4.69, 9.17) is 4.74 Å². The summed E-state index contributed by atoms with van der Waals surface area (Å²) in [6, 6.07) is 7.11. The van der Waals surface area contributed by atoms with Crippen molar-refractivity contribution in [3.05, 3.63) is 48.0 Å². The molecular formula is C19H19F2N3O5S. The third-order valence-electron chi connectivity index (χ3n) is 4.42. The Balaban J connectivity index is 1.75. The molecule has 0 aliphatic carbocycles. The van der Waals surface area contributed by atoms with Crippen LogP contribution in [0.2, 0.25) is 0 Å². The van der Waals surface area contributed by atoms with E-state index in [-0.39, 0.29) is 35.8 Å². The fourth-order valence-corrected chi connectivity index (χ4v) is 3.70. The van der Waals surface area contributed by atoms with Crippen molar-refractivity contribution >= 4 is 38.9 Å². The normalized spacial score (nSPS) is 16.5. The van der Waals surface area contributed by atoms with Crippen molar-refractivity contribution in [1.29, 1.82) is 0 Å². The molecule has 0 spiro atoms. The van der Waals surface area contributed by atoms with Gasteiger partial charge in [0.15, 0.2) is 0 Å². The zero-order valence-electron chi connectivity index (χ0n) is 16.1. The molecule has 0 saturated carbocycles. The zero-order valence-corrected chi connectivity index (χ0v) is 16.9. The Labute approximate surface area is 171 Å².